The first-order chi connectivity index (χ1) is 8.25. The van der Waals surface area contributed by atoms with Crippen molar-refractivity contribution >= 4 is 40.5 Å². The number of rotatable bonds is 4. The molecule has 1 heterocycles. The fourth-order valence-corrected chi connectivity index (χ4v) is 2.60. The Morgan fingerprint density at radius 2 is 2.00 bits per heavy atom. The highest BCUT2D eigenvalue weighted by Crippen LogP contribution is 2.21. The van der Waals surface area contributed by atoms with Crippen LogP contribution >= 0.6 is 34.7 Å². The van der Waals surface area contributed by atoms with Crippen LogP contribution in [0.5, 0.6) is 0 Å². The number of hydrogen-bond donors (Lipinski definition) is 0. The zero-order valence-electron chi connectivity index (χ0n) is 8.80. The Balaban J connectivity index is 1.94. The number of ketones is 1. The lowest BCUT2D eigenvalue weighted by atomic mass is 10.3. The molecule has 86 valence electrons. The van der Waals surface area contributed by atoms with Gasteiger partial charge < -0.3 is 0 Å². The lowest BCUT2D eigenvalue weighted by Crippen LogP contribution is -1.87. The van der Waals surface area contributed by atoms with Crippen molar-refractivity contribution in [3.63, 3.8) is 0 Å². The Hall–Kier alpha value is -1.03. The molecule has 0 atom stereocenters. The molecule has 0 radical (unpaired) electrons. The fourth-order valence-electron chi connectivity index (χ4n) is 1.19. The van der Waals surface area contributed by atoms with Crippen molar-refractivity contribution in [2.24, 2.45) is 0 Å². The second-order valence-corrected chi connectivity index (χ2v) is 5.58. The number of halogens is 1. The van der Waals surface area contributed by atoms with Crippen molar-refractivity contribution in [1.82, 2.24) is 0 Å². The lowest BCUT2D eigenvalue weighted by Gasteiger charge is -1.95. The standard InChI is InChI=1S/C13H9ClOS2/c14-10-3-5-11(6-4-10)16-9-7-12(15)13-2-1-8-17-13/h1-9H. The molecule has 2 aromatic rings. The van der Waals surface area contributed by atoms with E-state index in [2.05, 4.69) is 0 Å². The molecule has 0 aliphatic carbocycles. The molecular formula is C13H9ClOS2. The summed E-state index contributed by atoms with van der Waals surface area (Å²) in [5.74, 6) is 0.0430. The summed E-state index contributed by atoms with van der Waals surface area (Å²) < 4.78 is 0. The summed E-state index contributed by atoms with van der Waals surface area (Å²) in [5.41, 5.74) is 0. The van der Waals surface area contributed by atoms with Gasteiger partial charge in [-0.2, -0.15) is 0 Å². The van der Waals surface area contributed by atoms with E-state index < -0.39 is 0 Å². The van der Waals surface area contributed by atoms with E-state index in [1.807, 2.05) is 41.8 Å². The molecule has 0 unspecified atom stereocenters. The number of hydrogen-bond acceptors (Lipinski definition) is 3. The van der Waals surface area contributed by atoms with E-state index in [9.17, 15) is 4.79 Å². The van der Waals surface area contributed by atoms with Crippen molar-refractivity contribution in [1.29, 1.82) is 0 Å². The topological polar surface area (TPSA) is 17.1 Å². The molecule has 0 spiro atoms. The SMILES string of the molecule is O=C(C=CSc1ccc(Cl)cc1)c1cccs1. The van der Waals surface area contributed by atoms with Crippen LogP contribution in [0.2, 0.25) is 5.02 Å². The van der Waals surface area contributed by atoms with E-state index in [1.165, 1.54) is 23.1 Å². The summed E-state index contributed by atoms with van der Waals surface area (Å²) in [6.07, 6.45) is 1.59. The fraction of sp³-hybridized carbons (Fsp3) is 0. The van der Waals surface area contributed by atoms with Crippen LogP contribution in [0.1, 0.15) is 9.67 Å². The third-order valence-corrected chi connectivity index (χ3v) is 3.95. The van der Waals surface area contributed by atoms with Crippen molar-refractivity contribution in [2.75, 3.05) is 0 Å². The molecule has 0 aliphatic rings. The van der Waals surface area contributed by atoms with Gasteiger partial charge in [-0.1, -0.05) is 29.4 Å². The van der Waals surface area contributed by atoms with Crippen LogP contribution < -0.4 is 0 Å². The van der Waals surface area contributed by atoms with E-state index in [4.69, 9.17) is 11.6 Å². The minimum atomic E-state index is 0.0430. The monoisotopic (exact) mass is 280 g/mol. The van der Waals surface area contributed by atoms with Gasteiger partial charge in [0.2, 0.25) is 0 Å². The minimum Gasteiger partial charge on any atom is -0.288 e. The van der Waals surface area contributed by atoms with E-state index >= 15 is 0 Å². The van der Waals surface area contributed by atoms with Gasteiger partial charge in [0.05, 0.1) is 4.88 Å². The second kappa shape index (κ2) is 6.05. The van der Waals surface area contributed by atoms with Crippen LogP contribution in [0, 0.1) is 0 Å². The van der Waals surface area contributed by atoms with Crippen molar-refractivity contribution in [3.05, 3.63) is 63.2 Å². The maximum absolute atomic E-state index is 11.6. The third kappa shape index (κ3) is 3.73. The lowest BCUT2D eigenvalue weighted by molar-refractivity contribution is 0.105. The van der Waals surface area contributed by atoms with E-state index in [0.717, 1.165) is 9.77 Å². The first-order valence-corrected chi connectivity index (χ1v) is 7.06. The largest absolute Gasteiger partial charge is 0.288 e. The van der Waals surface area contributed by atoms with Crippen molar-refractivity contribution in [3.8, 4) is 0 Å². The number of thioether (sulfide) groups is 1. The summed E-state index contributed by atoms with van der Waals surface area (Å²) in [6, 6.07) is 11.2. The molecule has 17 heavy (non-hydrogen) atoms. The zero-order chi connectivity index (χ0) is 12.1. The Morgan fingerprint density at radius 3 is 2.65 bits per heavy atom. The van der Waals surface area contributed by atoms with Crippen molar-refractivity contribution in [2.45, 2.75) is 4.90 Å². The van der Waals surface area contributed by atoms with E-state index in [-0.39, 0.29) is 5.78 Å². The minimum absolute atomic E-state index is 0.0430. The number of benzene rings is 1. The highest BCUT2D eigenvalue weighted by atomic mass is 35.5. The Labute approximate surface area is 113 Å². The number of thiophene rings is 1. The smallest absolute Gasteiger partial charge is 0.196 e. The molecule has 0 saturated heterocycles. The molecule has 0 bridgehead atoms. The first-order valence-electron chi connectivity index (χ1n) is 4.92. The first kappa shape index (κ1) is 12.4. The zero-order valence-corrected chi connectivity index (χ0v) is 11.2. The average molecular weight is 281 g/mol. The molecule has 2 rings (SSSR count). The summed E-state index contributed by atoms with van der Waals surface area (Å²) >= 11 is 8.73. The van der Waals surface area contributed by atoms with E-state index in [0.29, 0.717) is 5.02 Å². The predicted octanol–water partition coefficient (Wildman–Crippen LogP) is 4.89. The van der Waals surface area contributed by atoms with E-state index in [1.54, 1.807) is 11.5 Å². The summed E-state index contributed by atoms with van der Waals surface area (Å²) in [6.45, 7) is 0. The molecule has 0 fully saturated rings. The van der Waals surface area contributed by atoms with Crippen LogP contribution in [-0.2, 0) is 0 Å². The molecule has 4 heteroatoms. The van der Waals surface area contributed by atoms with Crippen LogP contribution in [0.15, 0.2) is 58.2 Å². The van der Waals surface area contributed by atoms with Crippen LogP contribution in [0.25, 0.3) is 0 Å². The third-order valence-electron chi connectivity index (χ3n) is 2.00. The molecule has 1 nitrogen and oxygen atoms in total. The van der Waals surface area contributed by atoms with Gasteiger partial charge in [0, 0.05) is 9.92 Å². The maximum atomic E-state index is 11.6. The van der Waals surface area contributed by atoms with Crippen LogP contribution in [0.3, 0.4) is 0 Å². The van der Waals surface area contributed by atoms with Crippen molar-refractivity contribution < 1.29 is 4.79 Å². The highest BCUT2D eigenvalue weighted by molar-refractivity contribution is 8.02. The molecular weight excluding hydrogens is 272 g/mol. The number of carbonyl (C=O) groups is 1. The van der Waals surface area contributed by atoms with Gasteiger partial charge in [0.25, 0.3) is 0 Å². The van der Waals surface area contributed by atoms with Gasteiger partial charge in [0.15, 0.2) is 5.78 Å². The molecule has 0 aliphatic heterocycles. The van der Waals surface area contributed by atoms with Gasteiger partial charge in [-0.25, -0.2) is 0 Å². The number of allylic oxidation sites excluding steroid dienone is 1. The Bertz CT molecular complexity index is 515. The maximum Gasteiger partial charge on any atom is 0.196 e. The molecule has 0 saturated carbocycles. The predicted molar refractivity (Wildman–Crippen MR) is 75.1 cm³/mol. The average Bonchev–Trinajstić information content (AvgIpc) is 2.85. The van der Waals surface area contributed by atoms with Gasteiger partial charge in [-0.05, 0) is 47.2 Å². The van der Waals surface area contributed by atoms with Gasteiger partial charge in [-0.3, -0.25) is 4.79 Å². The van der Waals surface area contributed by atoms with Crippen LogP contribution in [0.4, 0.5) is 0 Å². The molecule has 1 aromatic heterocycles. The molecule has 1 aromatic carbocycles. The quantitative estimate of drug-likeness (QED) is 0.451. The summed E-state index contributed by atoms with van der Waals surface area (Å²) in [4.78, 5) is 13.5. The summed E-state index contributed by atoms with van der Waals surface area (Å²) in [5, 5.41) is 4.41. The van der Waals surface area contributed by atoms with Crippen LogP contribution in [-0.4, -0.2) is 5.78 Å². The molecule has 0 N–H and O–H groups in total. The molecule has 0 amide bonds. The highest BCUT2D eigenvalue weighted by Gasteiger charge is 2.01. The Kier molecular flexibility index (Phi) is 4.42. The Morgan fingerprint density at radius 1 is 1.24 bits per heavy atom. The normalized spacial score (nSPS) is 10.9. The second-order valence-electron chi connectivity index (χ2n) is 3.22. The van der Waals surface area contributed by atoms with Gasteiger partial charge >= 0.3 is 0 Å². The summed E-state index contributed by atoms with van der Waals surface area (Å²) in [7, 11) is 0. The van der Waals surface area contributed by atoms with Gasteiger partial charge in [-0.15, -0.1) is 11.3 Å². The number of carbonyl (C=O) groups excluding carboxylic acids is 1. The van der Waals surface area contributed by atoms with Gasteiger partial charge in [0.1, 0.15) is 0 Å².